The van der Waals surface area contributed by atoms with Crippen LogP contribution < -0.4 is 10.1 Å². The zero-order valence-corrected chi connectivity index (χ0v) is 13.6. The van der Waals surface area contributed by atoms with Gasteiger partial charge in [0.15, 0.2) is 6.10 Å². The second-order valence-corrected chi connectivity index (χ2v) is 7.45. The van der Waals surface area contributed by atoms with Gasteiger partial charge >= 0.3 is 0 Å². The van der Waals surface area contributed by atoms with Gasteiger partial charge in [0.1, 0.15) is 5.75 Å². The third-order valence-corrected chi connectivity index (χ3v) is 6.41. The minimum Gasteiger partial charge on any atom is -0.497 e. The highest BCUT2D eigenvalue weighted by molar-refractivity contribution is 5.82. The summed E-state index contributed by atoms with van der Waals surface area (Å²) in [5, 5.41) is 13.5. The summed E-state index contributed by atoms with van der Waals surface area (Å²) < 4.78 is 5.16. The number of hydrogen-bond acceptors (Lipinski definition) is 3. The van der Waals surface area contributed by atoms with E-state index in [-0.39, 0.29) is 11.9 Å². The monoisotopic (exact) mass is 315 g/mol. The van der Waals surface area contributed by atoms with E-state index >= 15 is 0 Å². The van der Waals surface area contributed by atoms with Crippen LogP contribution in [0.5, 0.6) is 5.75 Å². The molecule has 124 valence electrons. The molecule has 0 saturated heterocycles. The van der Waals surface area contributed by atoms with Gasteiger partial charge in [-0.2, -0.15) is 0 Å². The van der Waals surface area contributed by atoms with E-state index in [1.807, 2.05) is 6.07 Å². The van der Waals surface area contributed by atoms with Crippen LogP contribution in [0.15, 0.2) is 24.3 Å². The van der Waals surface area contributed by atoms with Crippen LogP contribution in [0.3, 0.4) is 0 Å². The molecular formula is C19H25NO3. The quantitative estimate of drug-likeness (QED) is 0.898. The predicted octanol–water partition coefficient (Wildman–Crippen LogP) is 2.67. The van der Waals surface area contributed by atoms with Gasteiger partial charge in [-0.25, -0.2) is 0 Å². The van der Waals surface area contributed by atoms with Crippen LogP contribution in [0.25, 0.3) is 0 Å². The first-order valence-electron chi connectivity index (χ1n) is 8.79. The SMILES string of the molecule is COc1cccc(C(O)C(=O)NC2CC3CC2C2CCCC32)c1. The molecule has 2 N–H and O–H groups in total. The zero-order valence-electron chi connectivity index (χ0n) is 13.6. The van der Waals surface area contributed by atoms with E-state index in [0.29, 0.717) is 17.2 Å². The lowest BCUT2D eigenvalue weighted by molar-refractivity contribution is -0.131. The molecular weight excluding hydrogens is 290 g/mol. The molecule has 1 aromatic carbocycles. The minimum absolute atomic E-state index is 0.257. The summed E-state index contributed by atoms with van der Waals surface area (Å²) in [6.45, 7) is 0. The van der Waals surface area contributed by atoms with Gasteiger partial charge in [0.25, 0.3) is 5.91 Å². The Morgan fingerprint density at radius 1 is 1.26 bits per heavy atom. The van der Waals surface area contributed by atoms with E-state index in [9.17, 15) is 9.90 Å². The Morgan fingerprint density at radius 3 is 2.91 bits per heavy atom. The molecule has 6 unspecified atom stereocenters. The summed E-state index contributed by atoms with van der Waals surface area (Å²) in [4.78, 5) is 12.5. The fourth-order valence-corrected chi connectivity index (χ4v) is 5.46. The highest BCUT2D eigenvalue weighted by Gasteiger charge is 2.54. The Labute approximate surface area is 137 Å². The highest BCUT2D eigenvalue weighted by Crippen LogP contribution is 2.58. The molecule has 0 aliphatic heterocycles. The van der Waals surface area contributed by atoms with Crippen molar-refractivity contribution in [1.82, 2.24) is 5.32 Å². The summed E-state index contributed by atoms with van der Waals surface area (Å²) in [6, 6.07) is 7.35. The largest absolute Gasteiger partial charge is 0.497 e. The number of nitrogens with one attached hydrogen (secondary N) is 1. The van der Waals surface area contributed by atoms with Gasteiger partial charge < -0.3 is 15.2 Å². The normalized spacial score (nSPS) is 35.8. The average molecular weight is 315 g/mol. The number of hydrogen-bond donors (Lipinski definition) is 2. The number of rotatable bonds is 4. The van der Waals surface area contributed by atoms with E-state index in [0.717, 1.165) is 24.2 Å². The molecule has 3 aliphatic carbocycles. The smallest absolute Gasteiger partial charge is 0.253 e. The van der Waals surface area contributed by atoms with Gasteiger partial charge in [-0.3, -0.25) is 4.79 Å². The molecule has 1 aromatic rings. The summed E-state index contributed by atoms with van der Waals surface area (Å²) >= 11 is 0. The van der Waals surface area contributed by atoms with E-state index in [2.05, 4.69) is 5.32 Å². The van der Waals surface area contributed by atoms with Crippen LogP contribution in [0.1, 0.15) is 43.8 Å². The summed E-state index contributed by atoms with van der Waals surface area (Å²) in [5.74, 6) is 3.54. The first-order chi connectivity index (χ1) is 11.2. The third-order valence-electron chi connectivity index (χ3n) is 6.41. The summed E-state index contributed by atoms with van der Waals surface area (Å²) in [6.07, 6.45) is 5.33. The van der Waals surface area contributed by atoms with Crippen LogP contribution in [-0.4, -0.2) is 24.2 Å². The summed E-state index contributed by atoms with van der Waals surface area (Å²) in [5.41, 5.74) is 0.587. The lowest BCUT2D eigenvalue weighted by atomic mass is 9.79. The third kappa shape index (κ3) is 2.53. The molecule has 4 rings (SSSR count). The van der Waals surface area contributed by atoms with Crippen LogP contribution >= 0.6 is 0 Å². The van der Waals surface area contributed by atoms with E-state index in [1.165, 1.54) is 25.7 Å². The number of aliphatic hydroxyl groups is 1. The molecule has 4 heteroatoms. The van der Waals surface area contributed by atoms with Crippen LogP contribution in [0.4, 0.5) is 0 Å². The molecule has 0 heterocycles. The molecule has 6 atom stereocenters. The second kappa shape index (κ2) is 5.82. The lowest BCUT2D eigenvalue weighted by Crippen LogP contribution is -2.44. The Morgan fingerprint density at radius 2 is 2.09 bits per heavy atom. The van der Waals surface area contributed by atoms with E-state index < -0.39 is 6.10 Å². The highest BCUT2D eigenvalue weighted by atomic mass is 16.5. The molecule has 3 aliphatic rings. The van der Waals surface area contributed by atoms with Crippen molar-refractivity contribution in [2.24, 2.45) is 23.7 Å². The van der Waals surface area contributed by atoms with Crippen molar-refractivity contribution < 1.29 is 14.6 Å². The van der Waals surface area contributed by atoms with Gasteiger partial charge in [0, 0.05) is 6.04 Å². The fourth-order valence-electron chi connectivity index (χ4n) is 5.46. The van der Waals surface area contributed by atoms with Gasteiger partial charge in [-0.15, -0.1) is 0 Å². The molecule has 3 saturated carbocycles. The number of carbonyl (C=O) groups is 1. The van der Waals surface area contributed by atoms with Gasteiger partial charge in [-0.1, -0.05) is 18.6 Å². The molecule has 4 nitrogen and oxygen atoms in total. The maximum atomic E-state index is 12.5. The molecule has 0 spiro atoms. The Kier molecular flexibility index (Phi) is 3.80. The van der Waals surface area contributed by atoms with Crippen molar-refractivity contribution in [3.8, 4) is 5.75 Å². The van der Waals surface area contributed by atoms with Crippen LogP contribution in [0, 0.1) is 23.7 Å². The number of aliphatic hydroxyl groups excluding tert-OH is 1. The number of fused-ring (bicyclic) bond motifs is 5. The number of carbonyl (C=O) groups excluding carboxylic acids is 1. The topological polar surface area (TPSA) is 58.6 Å². The first-order valence-corrected chi connectivity index (χ1v) is 8.79. The standard InChI is InChI=1S/C19H25NO3/c1-23-13-5-2-4-11(8-13)18(21)19(22)20-17-10-12-9-16(17)15-7-3-6-14(12)15/h2,4-5,8,12,14-18,21H,3,6-7,9-10H2,1H3,(H,20,22). The van der Waals surface area contributed by atoms with Crippen molar-refractivity contribution in [2.75, 3.05) is 7.11 Å². The summed E-state index contributed by atoms with van der Waals surface area (Å²) in [7, 11) is 1.58. The van der Waals surface area contributed by atoms with Crippen molar-refractivity contribution in [3.05, 3.63) is 29.8 Å². The fraction of sp³-hybridized carbons (Fsp3) is 0.632. The minimum atomic E-state index is -1.12. The number of ether oxygens (including phenoxy) is 1. The molecule has 0 aromatic heterocycles. The van der Waals surface area contributed by atoms with Crippen LogP contribution in [-0.2, 0) is 4.79 Å². The van der Waals surface area contributed by atoms with E-state index in [1.54, 1.807) is 25.3 Å². The zero-order chi connectivity index (χ0) is 16.0. The Balaban J connectivity index is 1.42. The van der Waals surface area contributed by atoms with Gasteiger partial charge in [0.05, 0.1) is 7.11 Å². The molecule has 3 fully saturated rings. The molecule has 2 bridgehead atoms. The average Bonchev–Trinajstić information content (AvgIpc) is 3.26. The van der Waals surface area contributed by atoms with Crippen molar-refractivity contribution in [2.45, 2.75) is 44.2 Å². The van der Waals surface area contributed by atoms with Crippen molar-refractivity contribution >= 4 is 5.91 Å². The van der Waals surface area contributed by atoms with Gasteiger partial charge in [0.2, 0.25) is 0 Å². The Hall–Kier alpha value is -1.55. The second-order valence-electron chi connectivity index (χ2n) is 7.45. The molecule has 0 radical (unpaired) electrons. The van der Waals surface area contributed by atoms with E-state index in [4.69, 9.17) is 4.74 Å². The number of methoxy groups -OCH3 is 1. The maximum absolute atomic E-state index is 12.5. The van der Waals surface area contributed by atoms with Crippen LogP contribution in [0.2, 0.25) is 0 Å². The van der Waals surface area contributed by atoms with Crippen molar-refractivity contribution in [3.63, 3.8) is 0 Å². The molecule has 23 heavy (non-hydrogen) atoms. The number of benzene rings is 1. The first kappa shape index (κ1) is 15.0. The maximum Gasteiger partial charge on any atom is 0.253 e. The Bertz CT molecular complexity index is 602. The number of amides is 1. The van der Waals surface area contributed by atoms with Crippen molar-refractivity contribution in [1.29, 1.82) is 0 Å². The molecule has 1 amide bonds. The van der Waals surface area contributed by atoms with Gasteiger partial charge in [-0.05, 0) is 67.1 Å². The lowest BCUT2D eigenvalue weighted by Gasteiger charge is -2.32. The predicted molar refractivity (Wildman–Crippen MR) is 86.9 cm³/mol.